The van der Waals surface area contributed by atoms with Crippen LogP contribution in [0.15, 0.2) is 73.1 Å². The molecule has 1 aliphatic heterocycles. The molecule has 1 saturated heterocycles. The highest BCUT2D eigenvalue weighted by Gasteiger charge is 2.20. The third-order valence-electron chi connectivity index (χ3n) is 5.45. The predicted octanol–water partition coefficient (Wildman–Crippen LogP) is 3.42. The second kappa shape index (κ2) is 9.95. The zero-order chi connectivity index (χ0) is 23.2. The van der Waals surface area contributed by atoms with E-state index in [0.29, 0.717) is 37.4 Å². The molecule has 4 rings (SSSR count). The fourth-order valence-corrected chi connectivity index (χ4v) is 3.60. The van der Waals surface area contributed by atoms with E-state index in [2.05, 4.69) is 15.2 Å². The van der Waals surface area contributed by atoms with Crippen LogP contribution in [0.25, 0.3) is 6.08 Å². The molecule has 8 heteroatoms. The normalized spacial score (nSPS) is 13.8. The monoisotopic (exact) mass is 445 g/mol. The number of anilines is 3. The number of aromatic nitrogens is 1. The Hall–Kier alpha value is -4.20. The molecule has 0 bridgehead atoms. The molecule has 2 heterocycles. The Morgan fingerprint density at radius 1 is 1.03 bits per heavy atom. The van der Waals surface area contributed by atoms with Crippen LogP contribution >= 0.6 is 0 Å². The Labute approximate surface area is 191 Å². The van der Waals surface area contributed by atoms with Crippen LogP contribution in [-0.4, -0.2) is 47.9 Å². The average Bonchev–Trinajstić information content (AvgIpc) is 2.85. The topological polar surface area (TPSA) is 91.6 Å². The van der Waals surface area contributed by atoms with E-state index in [-0.39, 0.29) is 17.5 Å². The van der Waals surface area contributed by atoms with Crippen molar-refractivity contribution in [2.75, 3.05) is 42.1 Å². The zero-order valence-corrected chi connectivity index (χ0v) is 17.9. The standard InChI is InChI=1S/C25H24FN5O2/c26-20-6-9-23(22(27)16-20)29-25(33)19-4-7-21(8-5-19)30-12-14-31(15-13-30)24(32)10-3-18-2-1-11-28-17-18/h1-11,16-17H,12-15,27H2,(H,29,33)/b10-3+. The quantitative estimate of drug-likeness (QED) is 0.464. The lowest BCUT2D eigenvalue weighted by Crippen LogP contribution is -2.48. The summed E-state index contributed by atoms with van der Waals surface area (Å²) in [6.45, 7) is 2.62. The van der Waals surface area contributed by atoms with E-state index in [0.717, 1.165) is 17.3 Å². The molecule has 168 valence electrons. The number of nitrogens with zero attached hydrogens (tertiary/aromatic N) is 3. The highest BCUT2D eigenvalue weighted by Crippen LogP contribution is 2.22. The summed E-state index contributed by atoms with van der Waals surface area (Å²) in [5, 5.41) is 2.70. The maximum Gasteiger partial charge on any atom is 0.255 e. The largest absolute Gasteiger partial charge is 0.397 e. The maximum atomic E-state index is 13.2. The van der Waals surface area contributed by atoms with Crippen molar-refractivity contribution < 1.29 is 14.0 Å². The van der Waals surface area contributed by atoms with Crippen LogP contribution in [0.2, 0.25) is 0 Å². The van der Waals surface area contributed by atoms with Crippen LogP contribution in [0.1, 0.15) is 15.9 Å². The van der Waals surface area contributed by atoms with Crippen LogP contribution in [0.4, 0.5) is 21.5 Å². The number of nitrogens with one attached hydrogen (secondary N) is 1. The summed E-state index contributed by atoms with van der Waals surface area (Å²) in [7, 11) is 0. The van der Waals surface area contributed by atoms with E-state index in [1.165, 1.54) is 12.1 Å². The highest BCUT2D eigenvalue weighted by molar-refractivity contribution is 6.05. The number of nitrogens with two attached hydrogens (primary N) is 1. The van der Waals surface area contributed by atoms with E-state index in [1.807, 2.05) is 29.2 Å². The van der Waals surface area contributed by atoms with Crippen molar-refractivity contribution in [1.82, 2.24) is 9.88 Å². The Morgan fingerprint density at radius 2 is 1.79 bits per heavy atom. The average molecular weight is 445 g/mol. The van der Waals surface area contributed by atoms with Gasteiger partial charge in [0, 0.05) is 55.9 Å². The van der Waals surface area contributed by atoms with E-state index in [9.17, 15) is 14.0 Å². The number of piperazine rings is 1. The SMILES string of the molecule is Nc1cc(F)ccc1NC(=O)c1ccc(N2CCN(C(=O)/C=C/c3cccnc3)CC2)cc1. The minimum Gasteiger partial charge on any atom is -0.397 e. The number of amides is 2. The zero-order valence-electron chi connectivity index (χ0n) is 17.9. The second-order valence-electron chi connectivity index (χ2n) is 7.66. The Morgan fingerprint density at radius 3 is 2.45 bits per heavy atom. The number of hydrogen-bond donors (Lipinski definition) is 2. The summed E-state index contributed by atoms with van der Waals surface area (Å²) in [6.07, 6.45) is 6.75. The van der Waals surface area contributed by atoms with E-state index in [1.54, 1.807) is 36.7 Å². The van der Waals surface area contributed by atoms with Gasteiger partial charge in [0.2, 0.25) is 5.91 Å². The van der Waals surface area contributed by atoms with Crippen molar-refractivity contribution in [3.8, 4) is 0 Å². The van der Waals surface area contributed by atoms with Gasteiger partial charge in [0.15, 0.2) is 0 Å². The van der Waals surface area contributed by atoms with Gasteiger partial charge in [0.25, 0.3) is 5.91 Å². The predicted molar refractivity (Wildman–Crippen MR) is 127 cm³/mol. The number of nitrogen functional groups attached to an aromatic ring is 1. The van der Waals surface area contributed by atoms with E-state index in [4.69, 9.17) is 5.73 Å². The van der Waals surface area contributed by atoms with Gasteiger partial charge in [0.05, 0.1) is 11.4 Å². The molecule has 2 amide bonds. The second-order valence-corrected chi connectivity index (χ2v) is 7.66. The number of halogens is 1. The summed E-state index contributed by atoms with van der Waals surface area (Å²) in [6, 6.07) is 14.8. The Balaban J connectivity index is 1.31. The van der Waals surface area contributed by atoms with Crippen molar-refractivity contribution in [2.45, 2.75) is 0 Å². The van der Waals surface area contributed by atoms with Gasteiger partial charge in [0.1, 0.15) is 5.82 Å². The Kier molecular flexibility index (Phi) is 6.64. The molecule has 0 saturated carbocycles. The molecule has 0 aliphatic carbocycles. The van der Waals surface area contributed by atoms with Gasteiger partial charge in [-0.05, 0) is 60.2 Å². The Bertz CT molecular complexity index is 1160. The maximum absolute atomic E-state index is 13.2. The van der Waals surface area contributed by atoms with E-state index < -0.39 is 5.82 Å². The highest BCUT2D eigenvalue weighted by atomic mass is 19.1. The molecular formula is C25H24FN5O2. The van der Waals surface area contributed by atoms with E-state index >= 15 is 0 Å². The third kappa shape index (κ3) is 5.54. The van der Waals surface area contributed by atoms with Crippen LogP contribution in [0, 0.1) is 5.82 Å². The number of carbonyl (C=O) groups excluding carboxylic acids is 2. The van der Waals surface area contributed by atoms with Crippen molar-refractivity contribution in [1.29, 1.82) is 0 Å². The molecule has 1 aliphatic rings. The van der Waals surface area contributed by atoms with Crippen LogP contribution in [-0.2, 0) is 4.79 Å². The van der Waals surface area contributed by atoms with Gasteiger partial charge in [-0.1, -0.05) is 6.07 Å². The summed E-state index contributed by atoms with van der Waals surface area (Å²) in [5.74, 6) is -0.803. The van der Waals surface area contributed by atoms with Crippen molar-refractivity contribution in [3.05, 3.63) is 90.0 Å². The van der Waals surface area contributed by atoms with Gasteiger partial charge in [-0.25, -0.2) is 4.39 Å². The molecule has 0 unspecified atom stereocenters. The number of hydrogen-bond acceptors (Lipinski definition) is 5. The molecular weight excluding hydrogens is 421 g/mol. The van der Waals surface area contributed by atoms with Crippen LogP contribution in [0.5, 0.6) is 0 Å². The third-order valence-corrected chi connectivity index (χ3v) is 5.45. The fraction of sp³-hybridized carbons (Fsp3) is 0.160. The van der Waals surface area contributed by atoms with Crippen LogP contribution in [0.3, 0.4) is 0 Å². The number of carbonyl (C=O) groups is 2. The first-order chi connectivity index (χ1) is 16.0. The molecule has 1 aromatic heterocycles. The van der Waals surface area contributed by atoms with Gasteiger partial charge in [-0.15, -0.1) is 0 Å². The molecule has 0 spiro atoms. The van der Waals surface area contributed by atoms with Gasteiger partial charge in [-0.2, -0.15) is 0 Å². The number of pyridine rings is 1. The number of benzene rings is 2. The summed E-state index contributed by atoms with van der Waals surface area (Å²) >= 11 is 0. The first-order valence-corrected chi connectivity index (χ1v) is 10.6. The van der Waals surface area contributed by atoms with Crippen molar-refractivity contribution in [3.63, 3.8) is 0 Å². The molecule has 0 radical (unpaired) electrons. The molecule has 3 N–H and O–H groups in total. The van der Waals surface area contributed by atoms with Crippen molar-refractivity contribution >= 4 is 35.0 Å². The van der Waals surface area contributed by atoms with Gasteiger partial charge >= 0.3 is 0 Å². The minimum absolute atomic E-state index is 0.0226. The van der Waals surface area contributed by atoms with Gasteiger partial charge < -0.3 is 20.9 Å². The van der Waals surface area contributed by atoms with Crippen molar-refractivity contribution in [2.24, 2.45) is 0 Å². The molecule has 3 aromatic rings. The lowest BCUT2D eigenvalue weighted by atomic mass is 10.1. The van der Waals surface area contributed by atoms with Gasteiger partial charge in [-0.3, -0.25) is 14.6 Å². The summed E-state index contributed by atoms with van der Waals surface area (Å²) < 4.78 is 13.2. The van der Waals surface area contributed by atoms with Crippen LogP contribution < -0.4 is 16.0 Å². The molecule has 2 aromatic carbocycles. The first kappa shape index (κ1) is 22.0. The molecule has 7 nitrogen and oxygen atoms in total. The molecule has 1 fully saturated rings. The molecule has 33 heavy (non-hydrogen) atoms. The minimum atomic E-state index is -0.457. The first-order valence-electron chi connectivity index (χ1n) is 10.6. The fourth-order valence-electron chi connectivity index (χ4n) is 3.60. The molecule has 0 atom stereocenters. The lowest BCUT2D eigenvalue weighted by Gasteiger charge is -2.35. The lowest BCUT2D eigenvalue weighted by molar-refractivity contribution is -0.126. The summed E-state index contributed by atoms with van der Waals surface area (Å²) in [4.78, 5) is 33.0. The number of rotatable bonds is 5. The smallest absolute Gasteiger partial charge is 0.255 e. The summed E-state index contributed by atoms with van der Waals surface area (Å²) in [5.41, 5.74) is 8.62.